The lowest BCUT2D eigenvalue weighted by atomic mass is 10.0. The van der Waals surface area contributed by atoms with Gasteiger partial charge in [0.25, 0.3) is 5.91 Å². The van der Waals surface area contributed by atoms with Crippen LogP contribution in [0.3, 0.4) is 0 Å². The predicted molar refractivity (Wildman–Crippen MR) is 147 cm³/mol. The van der Waals surface area contributed by atoms with E-state index in [4.69, 9.17) is 9.15 Å². The Labute approximate surface area is 228 Å². The van der Waals surface area contributed by atoms with E-state index in [1.807, 2.05) is 54.3 Å². The highest BCUT2D eigenvalue weighted by Gasteiger charge is 2.34. The van der Waals surface area contributed by atoms with Crippen LogP contribution in [0.25, 0.3) is 0 Å². The van der Waals surface area contributed by atoms with E-state index in [-0.39, 0.29) is 30.9 Å². The van der Waals surface area contributed by atoms with Crippen molar-refractivity contribution in [2.45, 2.75) is 25.9 Å². The lowest BCUT2D eigenvalue weighted by Crippen LogP contribution is -2.47. The summed E-state index contributed by atoms with van der Waals surface area (Å²) in [5.41, 5.74) is 2.79. The minimum Gasteiger partial charge on any atom is -0.491 e. The average Bonchev–Trinajstić information content (AvgIpc) is 3.59. The fourth-order valence-electron chi connectivity index (χ4n) is 4.53. The van der Waals surface area contributed by atoms with Gasteiger partial charge in [-0.3, -0.25) is 9.59 Å². The second-order valence-corrected chi connectivity index (χ2v) is 10.9. The number of fused-ring (bicyclic) bond motifs is 1. The van der Waals surface area contributed by atoms with Gasteiger partial charge in [0.2, 0.25) is 5.91 Å². The molecule has 4 aromatic rings. The molecule has 0 N–H and O–H groups in total. The number of halogens is 1. The van der Waals surface area contributed by atoms with Crippen LogP contribution in [0.4, 0.5) is 0 Å². The molecule has 190 valence electrons. The Morgan fingerprint density at radius 2 is 1.97 bits per heavy atom. The lowest BCUT2D eigenvalue weighted by Gasteiger charge is -2.37. The number of benzene rings is 2. The maximum absolute atomic E-state index is 13.8. The molecule has 0 aliphatic carbocycles. The summed E-state index contributed by atoms with van der Waals surface area (Å²) < 4.78 is 12.4. The molecule has 1 aliphatic heterocycles. The van der Waals surface area contributed by atoms with Crippen molar-refractivity contribution in [2.75, 3.05) is 19.7 Å². The van der Waals surface area contributed by atoms with E-state index in [0.29, 0.717) is 24.5 Å². The van der Waals surface area contributed by atoms with Gasteiger partial charge in [0.1, 0.15) is 24.7 Å². The monoisotopic (exact) mass is 578 g/mol. The van der Waals surface area contributed by atoms with Crippen molar-refractivity contribution in [3.8, 4) is 5.75 Å². The number of ether oxygens (including phenoxy) is 1. The third-order valence-electron chi connectivity index (χ3n) is 6.46. The number of hydrogen-bond donors (Lipinski definition) is 0. The van der Waals surface area contributed by atoms with Crippen molar-refractivity contribution in [3.05, 3.63) is 110 Å². The third kappa shape index (κ3) is 5.97. The van der Waals surface area contributed by atoms with Crippen LogP contribution in [0.5, 0.6) is 5.75 Å². The Bertz CT molecular complexity index is 1370. The van der Waals surface area contributed by atoms with Crippen molar-refractivity contribution < 1.29 is 18.7 Å². The highest BCUT2D eigenvalue weighted by Crippen LogP contribution is 2.34. The second-order valence-electron chi connectivity index (χ2n) is 9.03. The highest BCUT2D eigenvalue weighted by molar-refractivity contribution is 9.10. The van der Waals surface area contributed by atoms with Gasteiger partial charge >= 0.3 is 0 Å². The number of hydrogen-bond acceptors (Lipinski definition) is 5. The van der Waals surface area contributed by atoms with Crippen LogP contribution >= 0.6 is 27.3 Å². The molecule has 1 atom stereocenters. The molecule has 0 radical (unpaired) electrons. The molecule has 6 nitrogen and oxygen atoms in total. The van der Waals surface area contributed by atoms with E-state index in [1.54, 1.807) is 40.7 Å². The number of carbonyl (C=O) groups excluding carboxylic acids is 2. The van der Waals surface area contributed by atoms with Crippen LogP contribution in [0.2, 0.25) is 0 Å². The molecular weight excluding hydrogens is 552 g/mol. The van der Waals surface area contributed by atoms with Gasteiger partial charge in [0, 0.05) is 21.5 Å². The number of rotatable bonds is 8. The first-order valence-electron chi connectivity index (χ1n) is 12.1. The smallest absolute Gasteiger partial charge is 0.254 e. The zero-order valence-electron chi connectivity index (χ0n) is 20.4. The second kappa shape index (κ2) is 11.4. The number of carbonyl (C=O) groups is 2. The highest BCUT2D eigenvalue weighted by atomic mass is 79.9. The topological polar surface area (TPSA) is 63.0 Å². The summed E-state index contributed by atoms with van der Waals surface area (Å²) in [6.07, 6.45) is 2.36. The van der Waals surface area contributed by atoms with Crippen molar-refractivity contribution in [1.29, 1.82) is 0 Å². The normalized spacial score (nSPS) is 14.8. The van der Waals surface area contributed by atoms with Gasteiger partial charge in [-0.1, -0.05) is 39.7 Å². The molecule has 2 amide bonds. The third-order valence-corrected chi connectivity index (χ3v) is 7.95. The summed E-state index contributed by atoms with van der Waals surface area (Å²) >= 11 is 5.15. The molecular formula is C29H27BrN2O4S. The Kier molecular flexibility index (Phi) is 7.76. The quantitative estimate of drug-likeness (QED) is 0.247. The first-order chi connectivity index (χ1) is 18.0. The van der Waals surface area contributed by atoms with Crippen molar-refractivity contribution >= 4 is 39.1 Å². The van der Waals surface area contributed by atoms with Gasteiger partial charge in [-0.2, -0.15) is 0 Å². The van der Waals surface area contributed by atoms with Crippen LogP contribution in [-0.4, -0.2) is 41.3 Å². The summed E-state index contributed by atoms with van der Waals surface area (Å²) in [6, 6.07) is 20.5. The van der Waals surface area contributed by atoms with E-state index < -0.39 is 0 Å². The number of nitrogens with zero attached hydrogens (tertiary/aromatic N) is 2. The van der Waals surface area contributed by atoms with E-state index in [9.17, 15) is 9.59 Å². The fraction of sp³-hybridized carbons (Fsp3) is 0.241. The van der Waals surface area contributed by atoms with Gasteiger partial charge in [0.15, 0.2) is 0 Å². The molecule has 8 heteroatoms. The fourth-order valence-corrected chi connectivity index (χ4v) is 5.86. The van der Waals surface area contributed by atoms with Crippen LogP contribution < -0.4 is 4.74 Å². The zero-order valence-corrected chi connectivity index (χ0v) is 22.8. The summed E-state index contributed by atoms with van der Waals surface area (Å²) in [6.45, 7) is 3.09. The number of furan rings is 1. The largest absolute Gasteiger partial charge is 0.491 e. The first kappa shape index (κ1) is 25.3. The molecule has 3 heterocycles. The van der Waals surface area contributed by atoms with Crippen LogP contribution in [0, 0.1) is 6.92 Å². The van der Waals surface area contributed by atoms with Crippen LogP contribution in [0.1, 0.15) is 38.2 Å². The van der Waals surface area contributed by atoms with E-state index in [0.717, 1.165) is 27.8 Å². The number of amides is 2. The van der Waals surface area contributed by atoms with E-state index in [1.165, 1.54) is 4.88 Å². The molecule has 0 saturated carbocycles. The van der Waals surface area contributed by atoms with Crippen LogP contribution in [-0.2, 0) is 17.8 Å². The Hall–Kier alpha value is -3.36. The SMILES string of the molecule is Cc1ccc(OC[C@H]2c3ccsc3CCN2C(=O)CN(Cc2ccco2)C(=O)c2cccc(Br)c2)cc1. The standard InChI is InChI=1S/C29H27BrN2O4S/c1-20-7-9-23(10-8-20)36-19-26-25-12-15-37-27(25)11-13-32(26)28(33)18-31(17-24-6-3-14-35-24)29(34)21-4-2-5-22(30)16-21/h2-10,12,14-16,26H,11,13,17-19H2,1H3/t26-/m0/s1. The zero-order chi connectivity index (χ0) is 25.8. The van der Waals surface area contributed by atoms with E-state index in [2.05, 4.69) is 27.4 Å². The van der Waals surface area contributed by atoms with Crippen molar-refractivity contribution in [1.82, 2.24) is 9.80 Å². The molecule has 2 aromatic carbocycles. The maximum Gasteiger partial charge on any atom is 0.254 e. The Balaban J connectivity index is 1.37. The Morgan fingerprint density at radius 3 is 2.73 bits per heavy atom. The summed E-state index contributed by atoms with van der Waals surface area (Å²) in [5, 5.41) is 2.07. The molecule has 2 aromatic heterocycles. The number of aryl methyl sites for hydroxylation is 1. The minimum atomic E-state index is -0.230. The summed E-state index contributed by atoms with van der Waals surface area (Å²) in [7, 11) is 0. The van der Waals surface area contributed by atoms with Gasteiger partial charge in [-0.25, -0.2) is 0 Å². The molecule has 37 heavy (non-hydrogen) atoms. The van der Waals surface area contributed by atoms with Gasteiger partial charge in [-0.15, -0.1) is 11.3 Å². The molecule has 0 spiro atoms. The summed E-state index contributed by atoms with van der Waals surface area (Å²) in [5.74, 6) is 1.04. The number of thiophene rings is 1. The van der Waals surface area contributed by atoms with Gasteiger partial charge in [0.05, 0.1) is 18.8 Å². The minimum absolute atomic E-state index is 0.0629. The van der Waals surface area contributed by atoms with Gasteiger partial charge < -0.3 is 19.0 Å². The molecule has 5 rings (SSSR count). The van der Waals surface area contributed by atoms with Crippen molar-refractivity contribution in [2.24, 2.45) is 0 Å². The molecule has 1 aliphatic rings. The molecule has 0 fully saturated rings. The molecule has 0 unspecified atom stereocenters. The molecule has 0 bridgehead atoms. The van der Waals surface area contributed by atoms with Crippen LogP contribution in [0.15, 0.2) is 87.3 Å². The predicted octanol–water partition coefficient (Wildman–Crippen LogP) is 6.26. The van der Waals surface area contributed by atoms with Gasteiger partial charge in [-0.05, 0) is 72.8 Å². The lowest BCUT2D eigenvalue weighted by molar-refractivity contribution is -0.135. The maximum atomic E-state index is 13.8. The molecule has 0 saturated heterocycles. The first-order valence-corrected chi connectivity index (χ1v) is 13.8. The average molecular weight is 580 g/mol. The summed E-state index contributed by atoms with van der Waals surface area (Å²) in [4.78, 5) is 31.9. The van der Waals surface area contributed by atoms with E-state index >= 15 is 0 Å². The van der Waals surface area contributed by atoms with Crippen molar-refractivity contribution in [3.63, 3.8) is 0 Å². The Morgan fingerprint density at radius 1 is 1.14 bits per heavy atom.